The maximum Gasteiger partial charge on any atom is 0.303 e. The zero-order valence-corrected chi connectivity index (χ0v) is 21.5. The number of benzene rings is 1. The largest absolute Gasteiger partial charge is 0.504 e. The number of hydrogen-bond acceptors (Lipinski definition) is 11. The Morgan fingerprint density at radius 3 is 2.13 bits per heavy atom. The van der Waals surface area contributed by atoms with Crippen molar-refractivity contribution in [2.45, 2.75) is 64.3 Å². The Kier molecular flexibility index (Phi) is 9.48. The molecule has 1 aliphatic heterocycles. The summed E-state index contributed by atoms with van der Waals surface area (Å²) in [5.74, 6) is -2.53. The van der Waals surface area contributed by atoms with E-state index in [1.165, 1.54) is 39.0 Å². The van der Waals surface area contributed by atoms with Gasteiger partial charge in [-0.2, -0.15) is 0 Å². The van der Waals surface area contributed by atoms with E-state index in [9.17, 15) is 24.3 Å². The smallest absolute Gasteiger partial charge is 0.303 e. The number of aromatic hydroxyl groups is 1. The van der Waals surface area contributed by atoms with Gasteiger partial charge in [0.1, 0.15) is 31.6 Å². The highest BCUT2D eigenvalue weighted by atomic mass is 16.7. The molecular weight excluding hydrogens is 502 g/mol. The number of phenols is 1. The number of carbonyl (C=O) groups is 4. The third kappa shape index (κ3) is 6.90. The van der Waals surface area contributed by atoms with Crippen LogP contribution in [0.2, 0.25) is 0 Å². The minimum Gasteiger partial charge on any atom is -0.504 e. The maximum atomic E-state index is 13.3. The summed E-state index contributed by atoms with van der Waals surface area (Å²) in [5.41, 5.74) is 0.713. The van der Waals surface area contributed by atoms with Gasteiger partial charge in [-0.3, -0.25) is 19.2 Å². The van der Waals surface area contributed by atoms with Gasteiger partial charge >= 0.3 is 17.9 Å². The fourth-order valence-electron chi connectivity index (χ4n) is 4.36. The molecule has 1 saturated heterocycles. The summed E-state index contributed by atoms with van der Waals surface area (Å²) >= 11 is 0. The van der Waals surface area contributed by atoms with Gasteiger partial charge in [0, 0.05) is 26.3 Å². The van der Waals surface area contributed by atoms with Gasteiger partial charge in [-0.05, 0) is 30.7 Å². The highest BCUT2D eigenvalue weighted by molar-refractivity contribution is 5.97. The summed E-state index contributed by atoms with van der Waals surface area (Å²) in [6.45, 7) is 8.62. The van der Waals surface area contributed by atoms with Crippen LogP contribution >= 0.6 is 0 Å². The van der Waals surface area contributed by atoms with Crippen LogP contribution in [0, 0.1) is 0 Å². The second-order valence-corrected chi connectivity index (χ2v) is 8.76. The second-order valence-electron chi connectivity index (χ2n) is 8.76. The van der Waals surface area contributed by atoms with Crippen molar-refractivity contribution in [1.82, 2.24) is 5.32 Å². The lowest BCUT2D eigenvalue weighted by Crippen LogP contribution is -2.70. The first kappa shape index (κ1) is 28.7. The average Bonchev–Trinajstić information content (AvgIpc) is 3.32. The molecule has 2 aliphatic rings. The Balaban J connectivity index is 1.92. The zero-order chi connectivity index (χ0) is 28.0. The normalized spacial score (nSPS) is 26.5. The highest BCUT2D eigenvalue weighted by Crippen LogP contribution is 2.35. The standard InChI is InChI=1S/C26H31NO11/c1-6-9-33-19-8-7-17(11-18(19)31)10-13(2)26(32)27-20-21(36-14(3)28)23-24(35-12-34-23)25(38-16(5)30)22(20)37-15(4)29/h6-8,10-11,20-25,31H,1,9,12H2,2-5H3,(H,27,32)/b13-10+/t20-,21+,22-,23-,24-,25+/m0/s1. The van der Waals surface area contributed by atoms with Crippen molar-refractivity contribution < 1.29 is 52.7 Å². The van der Waals surface area contributed by atoms with Gasteiger partial charge in [-0.15, -0.1) is 0 Å². The molecule has 12 heteroatoms. The van der Waals surface area contributed by atoms with E-state index in [4.69, 9.17) is 28.4 Å². The lowest BCUT2D eigenvalue weighted by atomic mass is 9.82. The average molecular weight is 534 g/mol. The van der Waals surface area contributed by atoms with Gasteiger partial charge < -0.3 is 38.8 Å². The van der Waals surface area contributed by atoms with Crippen LogP contribution < -0.4 is 10.1 Å². The molecule has 1 saturated carbocycles. The fourth-order valence-corrected chi connectivity index (χ4v) is 4.36. The van der Waals surface area contributed by atoms with Gasteiger partial charge in [0.2, 0.25) is 5.91 Å². The Hall–Kier alpha value is -3.90. The summed E-state index contributed by atoms with van der Waals surface area (Å²) in [6.07, 6.45) is -2.31. The molecule has 1 amide bonds. The van der Waals surface area contributed by atoms with Crippen molar-refractivity contribution in [3.05, 3.63) is 42.0 Å². The molecule has 2 N–H and O–H groups in total. The van der Waals surface area contributed by atoms with Crippen molar-refractivity contribution >= 4 is 29.9 Å². The molecule has 1 heterocycles. The summed E-state index contributed by atoms with van der Waals surface area (Å²) in [7, 11) is 0. The predicted molar refractivity (Wildman–Crippen MR) is 131 cm³/mol. The maximum absolute atomic E-state index is 13.3. The number of ether oxygens (including phenoxy) is 6. The molecule has 0 aromatic heterocycles. The van der Waals surface area contributed by atoms with E-state index in [1.54, 1.807) is 12.1 Å². The van der Waals surface area contributed by atoms with E-state index in [1.807, 2.05) is 0 Å². The van der Waals surface area contributed by atoms with E-state index >= 15 is 0 Å². The van der Waals surface area contributed by atoms with Crippen LogP contribution in [0.25, 0.3) is 6.08 Å². The van der Waals surface area contributed by atoms with Gasteiger partial charge in [0.25, 0.3) is 0 Å². The summed E-state index contributed by atoms with van der Waals surface area (Å²) < 4.78 is 32.9. The summed E-state index contributed by atoms with van der Waals surface area (Å²) in [6, 6.07) is 3.45. The number of esters is 3. The number of nitrogens with one attached hydrogen (secondary N) is 1. The minimum absolute atomic E-state index is 0.125. The van der Waals surface area contributed by atoms with Crippen LogP contribution in [0.3, 0.4) is 0 Å². The highest BCUT2D eigenvalue weighted by Gasteiger charge is 2.59. The van der Waals surface area contributed by atoms with Crippen LogP contribution in [-0.4, -0.2) is 78.9 Å². The predicted octanol–water partition coefficient (Wildman–Crippen LogP) is 1.40. The zero-order valence-electron chi connectivity index (χ0n) is 21.5. The Morgan fingerprint density at radius 2 is 1.55 bits per heavy atom. The van der Waals surface area contributed by atoms with E-state index < -0.39 is 60.4 Å². The molecule has 1 aliphatic carbocycles. The topological polar surface area (TPSA) is 156 Å². The molecule has 0 bridgehead atoms. The molecule has 0 spiro atoms. The van der Waals surface area contributed by atoms with E-state index in [0.29, 0.717) is 5.56 Å². The molecule has 2 fully saturated rings. The number of hydrogen-bond donors (Lipinski definition) is 2. The number of fused-ring (bicyclic) bond motifs is 1. The molecular formula is C26H31NO11. The molecule has 6 atom stereocenters. The molecule has 0 radical (unpaired) electrons. The first-order valence-corrected chi connectivity index (χ1v) is 11.8. The van der Waals surface area contributed by atoms with E-state index in [-0.39, 0.29) is 30.5 Å². The van der Waals surface area contributed by atoms with Crippen molar-refractivity contribution in [3.8, 4) is 11.5 Å². The van der Waals surface area contributed by atoms with Crippen molar-refractivity contribution in [2.24, 2.45) is 0 Å². The van der Waals surface area contributed by atoms with Gasteiger partial charge in [-0.25, -0.2) is 0 Å². The Labute approximate surface area is 219 Å². The third-order valence-electron chi connectivity index (χ3n) is 5.81. The van der Waals surface area contributed by atoms with Crippen LogP contribution in [0.5, 0.6) is 11.5 Å². The fraction of sp³-hybridized carbons (Fsp3) is 0.462. The molecule has 206 valence electrons. The molecule has 1 aromatic rings. The number of carbonyl (C=O) groups excluding carboxylic acids is 4. The van der Waals surface area contributed by atoms with Crippen LogP contribution in [0.4, 0.5) is 0 Å². The van der Waals surface area contributed by atoms with Gasteiger partial charge in [0.05, 0.1) is 0 Å². The van der Waals surface area contributed by atoms with Gasteiger partial charge in [0.15, 0.2) is 29.8 Å². The van der Waals surface area contributed by atoms with Crippen LogP contribution in [0.15, 0.2) is 36.4 Å². The lowest BCUT2D eigenvalue weighted by Gasteiger charge is -2.45. The molecule has 0 unspecified atom stereocenters. The number of phenolic OH excluding ortho intramolecular Hbond substituents is 1. The minimum atomic E-state index is -1.26. The number of amides is 1. The monoisotopic (exact) mass is 533 g/mol. The van der Waals surface area contributed by atoms with Crippen LogP contribution in [0.1, 0.15) is 33.3 Å². The van der Waals surface area contributed by atoms with Gasteiger partial charge in [-0.1, -0.05) is 18.7 Å². The first-order valence-electron chi connectivity index (χ1n) is 11.8. The summed E-state index contributed by atoms with van der Waals surface area (Å²) in [5, 5.41) is 12.9. The first-order chi connectivity index (χ1) is 18.0. The van der Waals surface area contributed by atoms with Crippen molar-refractivity contribution in [1.29, 1.82) is 0 Å². The number of rotatable bonds is 9. The second kappa shape index (κ2) is 12.6. The molecule has 38 heavy (non-hydrogen) atoms. The SMILES string of the molecule is C=CCOc1ccc(/C=C(\C)C(=O)N[C@H]2[C@@H](OC(C)=O)[C@@H]3OCO[C@@H]3[C@H](OC(C)=O)[C@H]2OC(C)=O)cc1O. The van der Waals surface area contributed by atoms with Crippen molar-refractivity contribution in [2.75, 3.05) is 13.4 Å². The molecule has 1 aromatic carbocycles. The lowest BCUT2D eigenvalue weighted by molar-refractivity contribution is -0.205. The molecule has 12 nitrogen and oxygen atoms in total. The third-order valence-corrected chi connectivity index (χ3v) is 5.81. The van der Waals surface area contributed by atoms with E-state index in [0.717, 1.165) is 6.92 Å². The van der Waals surface area contributed by atoms with Crippen LogP contribution in [-0.2, 0) is 42.9 Å². The Morgan fingerprint density at radius 1 is 0.974 bits per heavy atom. The van der Waals surface area contributed by atoms with E-state index in [2.05, 4.69) is 11.9 Å². The quantitative estimate of drug-likeness (QED) is 0.205. The molecule has 3 rings (SSSR count). The Bertz CT molecular complexity index is 1110. The summed E-state index contributed by atoms with van der Waals surface area (Å²) in [4.78, 5) is 49.1. The van der Waals surface area contributed by atoms with Crippen molar-refractivity contribution in [3.63, 3.8) is 0 Å².